The van der Waals surface area contributed by atoms with Gasteiger partial charge in [0.25, 0.3) is 0 Å². The predicted octanol–water partition coefficient (Wildman–Crippen LogP) is 2.85. The molecule has 4 aliphatic rings. The molecule has 4 aliphatic carbocycles. The van der Waals surface area contributed by atoms with E-state index in [1.165, 1.54) is 5.57 Å². The minimum atomic E-state index is -0.736. The fourth-order valence-electron chi connectivity index (χ4n) is 6.43. The fourth-order valence-corrected chi connectivity index (χ4v) is 6.43. The summed E-state index contributed by atoms with van der Waals surface area (Å²) in [4.78, 5) is 12.4. The average Bonchev–Trinajstić information content (AvgIpc) is 2.72. The topological polar surface area (TPSA) is 57.5 Å². The van der Waals surface area contributed by atoms with Crippen LogP contribution in [0.15, 0.2) is 11.6 Å². The smallest absolute Gasteiger partial charge is 0.167 e. The lowest BCUT2D eigenvalue weighted by molar-refractivity contribution is -0.136. The number of Topliss-reactive ketones (excluding diaryl/α,β-unsaturated/α-hetero) is 1. The Morgan fingerprint density at radius 1 is 1.09 bits per heavy atom. The largest absolute Gasteiger partial charge is 0.393 e. The highest BCUT2D eigenvalue weighted by Gasteiger charge is 2.60. The Balaban J connectivity index is 1.70. The Morgan fingerprint density at radius 2 is 1.82 bits per heavy atom. The number of hydrogen-bond acceptors (Lipinski definition) is 3. The van der Waals surface area contributed by atoms with Gasteiger partial charge in [-0.1, -0.05) is 25.5 Å². The maximum atomic E-state index is 12.4. The molecule has 3 nitrogen and oxygen atoms in total. The molecule has 0 saturated heterocycles. The van der Waals surface area contributed by atoms with Gasteiger partial charge in [-0.3, -0.25) is 4.79 Å². The third-order valence-corrected chi connectivity index (χ3v) is 7.81. The van der Waals surface area contributed by atoms with Crippen molar-refractivity contribution in [1.82, 2.24) is 0 Å². The standard InChI is InChI=1S/C19H28O3/c1-18-7-5-12(20)9-11(18)3-4-13-14(18)6-8-19(2)15(13)10-16(21)17(19)22/h3,12-16,20-21H,4-10H2,1-2H3/t12-,13+,14-,15-,16+,18-,19-/m0/s1. The van der Waals surface area contributed by atoms with Gasteiger partial charge in [0.15, 0.2) is 5.78 Å². The van der Waals surface area contributed by atoms with Crippen molar-refractivity contribution in [2.75, 3.05) is 0 Å². The molecule has 0 bridgehead atoms. The highest BCUT2D eigenvalue weighted by molar-refractivity contribution is 5.91. The molecule has 0 aliphatic heterocycles. The summed E-state index contributed by atoms with van der Waals surface area (Å²) >= 11 is 0. The summed E-state index contributed by atoms with van der Waals surface area (Å²) in [6.45, 7) is 4.48. The molecular formula is C19H28O3. The third kappa shape index (κ3) is 1.78. The Hall–Kier alpha value is -0.670. The second-order valence-electron chi connectivity index (χ2n) is 8.73. The molecule has 2 N–H and O–H groups in total. The fraction of sp³-hybridized carbons (Fsp3) is 0.842. The summed E-state index contributed by atoms with van der Waals surface area (Å²) in [6.07, 6.45) is 8.00. The number of carbonyl (C=O) groups excluding carboxylic acids is 1. The monoisotopic (exact) mass is 304 g/mol. The first-order chi connectivity index (χ1) is 10.4. The molecule has 0 heterocycles. The molecule has 4 rings (SSSR count). The van der Waals surface area contributed by atoms with Crippen LogP contribution in [0.1, 0.15) is 58.8 Å². The summed E-state index contributed by atoms with van der Waals surface area (Å²) in [5.74, 6) is 1.59. The number of allylic oxidation sites excluding steroid dienone is 1. The molecule has 0 radical (unpaired) electrons. The molecule has 0 aromatic heterocycles. The summed E-state index contributed by atoms with van der Waals surface area (Å²) < 4.78 is 0. The van der Waals surface area contributed by atoms with Crippen LogP contribution in [-0.4, -0.2) is 28.2 Å². The lowest BCUT2D eigenvalue weighted by Gasteiger charge is -2.56. The van der Waals surface area contributed by atoms with Crippen molar-refractivity contribution in [3.8, 4) is 0 Å². The van der Waals surface area contributed by atoms with Crippen molar-refractivity contribution in [3.05, 3.63) is 11.6 Å². The molecule has 3 heteroatoms. The Morgan fingerprint density at radius 3 is 2.59 bits per heavy atom. The van der Waals surface area contributed by atoms with Crippen LogP contribution in [0.3, 0.4) is 0 Å². The van der Waals surface area contributed by atoms with Crippen LogP contribution in [0.5, 0.6) is 0 Å². The molecule has 22 heavy (non-hydrogen) atoms. The van der Waals surface area contributed by atoms with Gasteiger partial charge < -0.3 is 10.2 Å². The van der Waals surface area contributed by atoms with E-state index in [4.69, 9.17) is 0 Å². The van der Waals surface area contributed by atoms with Crippen LogP contribution >= 0.6 is 0 Å². The van der Waals surface area contributed by atoms with E-state index >= 15 is 0 Å². The first-order valence-electron chi connectivity index (χ1n) is 8.96. The van der Waals surface area contributed by atoms with Gasteiger partial charge in [-0.2, -0.15) is 0 Å². The molecule has 122 valence electrons. The van der Waals surface area contributed by atoms with Crippen molar-refractivity contribution in [1.29, 1.82) is 0 Å². The highest BCUT2D eigenvalue weighted by Crippen LogP contribution is 2.63. The van der Waals surface area contributed by atoms with Crippen LogP contribution in [0, 0.1) is 28.6 Å². The van der Waals surface area contributed by atoms with Gasteiger partial charge in [0.1, 0.15) is 6.10 Å². The van der Waals surface area contributed by atoms with Gasteiger partial charge in [0.05, 0.1) is 6.10 Å². The van der Waals surface area contributed by atoms with Crippen LogP contribution < -0.4 is 0 Å². The second-order valence-corrected chi connectivity index (χ2v) is 8.73. The Bertz CT molecular complexity index is 539. The number of hydrogen-bond donors (Lipinski definition) is 2. The van der Waals surface area contributed by atoms with Crippen LogP contribution in [0.4, 0.5) is 0 Å². The predicted molar refractivity (Wildman–Crippen MR) is 84.1 cm³/mol. The third-order valence-electron chi connectivity index (χ3n) is 7.81. The van der Waals surface area contributed by atoms with E-state index in [0.717, 1.165) is 38.5 Å². The number of rotatable bonds is 0. The molecular weight excluding hydrogens is 276 g/mol. The van der Waals surface area contributed by atoms with Gasteiger partial charge in [0, 0.05) is 5.41 Å². The van der Waals surface area contributed by atoms with Crippen LogP contribution in [0.2, 0.25) is 0 Å². The molecule has 0 spiro atoms. The van der Waals surface area contributed by atoms with Crippen LogP contribution in [0.25, 0.3) is 0 Å². The SMILES string of the molecule is C[C@]12CC[C@H](O)CC1=CC[C@@H]1[C@@H]2CC[C@]2(C)C(=O)[C@H](O)C[C@@H]12. The first-order valence-corrected chi connectivity index (χ1v) is 8.96. The van der Waals surface area contributed by atoms with E-state index in [1.807, 2.05) is 0 Å². The van der Waals surface area contributed by atoms with E-state index < -0.39 is 6.10 Å². The maximum Gasteiger partial charge on any atom is 0.167 e. The number of carbonyl (C=O) groups is 1. The number of aliphatic hydroxyl groups is 2. The molecule has 7 atom stereocenters. The quantitative estimate of drug-likeness (QED) is 0.677. The normalized spacial score (nSPS) is 54.3. The van der Waals surface area contributed by atoms with E-state index in [-0.39, 0.29) is 22.7 Å². The Labute approximate surface area is 132 Å². The molecule has 3 saturated carbocycles. The van der Waals surface area contributed by atoms with Gasteiger partial charge in [-0.05, 0) is 68.1 Å². The molecule has 0 amide bonds. The van der Waals surface area contributed by atoms with Gasteiger partial charge >= 0.3 is 0 Å². The summed E-state index contributed by atoms with van der Waals surface area (Å²) in [7, 11) is 0. The molecule has 0 aromatic carbocycles. The maximum absolute atomic E-state index is 12.4. The molecule has 0 unspecified atom stereocenters. The molecule has 3 fully saturated rings. The van der Waals surface area contributed by atoms with E-state index in [0.29, 0.717) is 24.2 Å². The van der Waals surface area contributed by atoms with Gasteiger partial charge in [-0.25, -0.2) is 0 Å². The van der Waals surface area contributed by atoms with E-state index in [9.17, 15) is 15.0 Å². The number of ketones is 1. The van der Waals surface area contributed by atoms with Crippen molar-refractivity contribution in [2.24, 2.45) is 28.6 Å². The van der Waals surface area contributed by atoms with Crippen molar-refractivity contribution in [3.63, 3.8) is 0 Å². The minimum Gasteiger partial charge on any atom is -0.393 e. The number of aliphatic hydroxyl groups excluding tert-OH is 2. The molecule has 0 aromatic rings. The Kier molecular flexibility index (Phi) is 3.16. The van der Waals surface area contributed by atoms with Gasteiger partial charge in [-0.15, -0.1) is 0 Å². The zero-order valence-electron chi connectivity index (χ0n) is 13.7. The lowest BCUT2D eigenvalue weighted by Crippen LogP contribution is -2.50. The van der Waals surface area contributed by atoms with Crippen molar-refractivity contribution < 1.29 is 15.0 Å². The van der Waals surface area contributed by atoms with Gasteiger partial charge in [0.2, 0.25) is 0 Å². The van der Waals surface area contributed by atoms with Crippen molar-refractivity contribution >= 4 is 5.78 Å². The lowest BCUT2D eigenvalue weighted by atomic mass is 9.48. The summed E-state index contributed by atoms with van der Waals surface area (Å²) in [6, 6.07) is 0. The average molecular weight is 304 g/mol. The second kappa shape index (κ2) is 4.67. The number of fused-ring (bicyclic) bond motifs is 5. The van der Waals surface area contributed by atoms with E-state index in [2.05, 4.69) is 19.9 Å². The minimum absolute atomic E-state index is 0.0925. The summed E-state index contributed by atoms with van der Waals surface area (Å²) in [5.41, 5.74) is 1.37. The zero-order chi connectivity index (χ0) is 15.7. The van der Waals surface area contributed by atoms with Crippen LogP contribution in [-0.2, 0) is 4.79 Å². The van der Waals surface area contributed by atoms with E-state index in [1.54, 1.807) is 0 Å². The van der Waals surface area contributed by atoms with Crippen molar-refractivity contribution in [2.45, 2.75) is 71.0 Å². The zero-order valence-corrected chi connectivity index (χ0v) is 13.7. The first kappa shape index (κ1) is 14.9. The summed E-state index contributed by atoms with van der Waals surface area (Å²) in [5, 5.41) is 20.1. The highest BCUT2D eigenvalue weighted by atomic mass is 16.3.